The second-order valence-electron chi connectivity index (χ2n) is 4.36. The standard InChI is InChI=1S/C12H14BrFN2O/c1-15(2)11(17)7-16-4-3-8-5-9(13)6-10(14)12(8)16/h5-6H,3-4,7H2,1-2H3. The summed E-state index contributed by atoms with van der Waals surface area (Å²) in [6.07, 6.45) is 0.784. The van der Waals surface area contributed by atoms with Crippen molar-refractivity contribution in [3.63, 3.8) is 0 Å². The number of amides is 1. The topological polar surface area (TPSA) is 23.6 Å². The molecule has 1 amide bonds. The van der Waals surface area contributed by atoms with Gasteiger partial charge in [0.05, 0.1) is 12.2 Å². The number of nitrogens with zero attached hydrogens (tertiary/aromatic N) is 2. The fraction of sp³-hybridized carbons (Fsp3) is 0.417. The van der Waals surface area contributed by atoms with Gasteiger partial charge in [0.15, 0.2) is 0 Å². The molecule has 2 rings (SSSR count). The van der Waals surface area contributed by atoms with Crippen LogP contribution in [0.3, 0.4) is 0 Å². The zero-order chi connectivity index (χ0) is 12.6. The third kappa shape index (κ3) is 2.44. The normalized spacial score (nSPS) is 13.8. The highest BCUT2D eigenvalue weighted by molar-refractivity contribution is 9.10. The summed E-state index contributed by atoms with van der Waals surface area (Å²) in [7, 11) is 3.41. The molecule has 0 aromatic heterocycles. The second-order valence-corrected chi connectivity index (χ2v) is 5.27. The number of anilines is 1. The Balaban J connectivity index is 2.25. The second kappa shape index (κ2) is 4.64. The number of carbonyl (C=O) groups excluding carboxylic acids is 1. The quantitative estimate of drug-likeness (QED) is 0.834. The summed E-state index contributed by atoms with van der Waals surface area (Å²) >= 11 is 3.28. The molecule has 0 saturated carbocycles. The molecule has 0 spiro atoms. The van der Waals surface area contributed by atoms with E-state index in [9.17, 15) is 9.18 Å². The molecule has 92 valence electrons. The van der Waals surface area contributed by atoms with Crippen LogP contribution >= 0.6 is 15.9 Å². The van der Waals surface area contributed by atoms with E-state index >= 15 is 0 Å². The smallest absolute Gasteiger partial charge is 0.241 e. The van der Waals surface area contributed by atoms with Crippen LogP contribution in [0.5, 0.6) is 0 Å². The summed E-state index contributed by atoms with van der Waals surface area (Å²) in [5, 5.41) is 0. The Morgan fingerprint density at radius 3 is 2.88 bits per heavy atom. The van der Waals surface area contributed by atoms with E-state index in [1.54, 1.807) is 19.0 Å². The molecule has 0 fully saturated rings. The van der Waals surface area contributed by atoms with Crippen LogP contribution in [-0.2, 0) is 11.2 Å². The third-order valence-corrected chi connectivity index (χ3v) is 3.36. The minimum absolute atomic E-state index is 0.0137. The van der Waals surface area contributed by atoms with E-state index in [2.05, 4.69) is 15.9 Å². The highest BCUT2D eigenvalue weighted by atomic mass is 79.9. The molecule has 0 atom stereocenters. The van der Waals surface area contributed by atoms with Gasteiger partial charge in [0.25, 0.3) is 0 Å². The first-order valence-electron chi connectivity index (χ1n) is 5.42. The van der Waals surface area contributed by atoms with Crippen LogP contribution < -0.4 is 4.90 Å². The first kappa shape index (κ1) is 12.4. The first-order valence-corrected chi connectivity index (χ1v) is 6.21. The van der Waals surface area contributed by atoms with Crippen molar-refractivity contribution in [2.45, 2.75) is 6.42 Å². The number of carbonyl (C=O) groups is 1. The number of halogens is 2. The van der Waals surface area contributed by atoms with Crippen LogP contribution in [0.1, 0.15) is 5.56 Å². The van der Waals surface area contributed by atoms with Crippen LogP contribution in [0.4, 0.5) is 10.1 Å². The average Bonchev–Trinajstić information content (AvgIpc) is 2.60. The molecule has 1 aromatic carbocycles. The third-order valence-electron chi connectivity index (χ3n) is 2.90. The lowest BCUT2D eigenvalue weighted by atomic mass is 10.1. The lowest BCUT2D eigenvalue weighted by Crippen LogP contribution is -2.36. The molecule has 17 heavy (non-hydrogen) atoms. The molecular weight excluding hydrogens is 287 g/mol. The van der Waals surface area contributed by atoms with Gasteiger partial charge in [0.2, 0.25) is 5.91 Å². The van der Waals surface area contributed by atoms with E-state index in [0.717, 1.165) is 16.5 Å². The van der Waals surface area contributed by atoms with Crippen molar-refractivity contribution in [3.8, 4) is 0 Å². The molecule has 0 aliphatic carbocycles. The zero-order valence-corrected chi connectivity index (χ0v) is 11.4. The molecule has 1 heterocycles. The molecule has 0 saturated heterocycles. The van der Waals surface area contributed by atoms with Gasteiger partial charge in [-0.25, -0.2) is 4.39 Å². The number of hydrogen-bond donors (Lipinski definition) is 0. The van der Waals surface area contributed by atoms with E-state index in [4.69, 9.17) is 0 Å². The monoisotopic (exact) mass is 300 g/mol. The lowest BCUT2D eigenvalue weighted by Gasteiger charge is -2.21. The van der Waals surface area contributed by atoms with Gasteiger partial charge in [-0.05, 0) is 24.1 Å². The maximum atomic E-state index is 13.9. The fourth-order valence-corrected chi connectivity index (χ4v) is 2.47. The van der Waals surface area contributed by atoms with Crippen molar-refractivity contribution in [1.82, 2.24) is 4.90 Å². The fourth-order valence-electron chi connectivity index (χ4n) is 1.99. The van der Waals surface area contributed by atoms with Gasteiger partial charge in [-0.3, -0.25) is 4.79 Å². The van der Waals surface area contributed by atoms with Crippen molar-refractivity contribution in [2.75, 3.05) is 32.1 Å². The Bertz CT molecular complexity index is 462. The maximum absolute atomic E-state index is 13.9. The molecule has 1 aliphatic heterocycles. The van der Waals surface area contributed by atoms with Gasteiger partial charge in [-0.2, -0.15) is 0 Å². The van der Waals surface area contributed by atoms with Gasteiger partial charge in [0, 0.05) is 25.1 Å². The molecule has 0 N–H and O–H groups in total. The predicted octanol–water partition coefficient (Wildman–Crippen LogP) is 2.04. The van der Waals surface area contributed by atoms with E-state index in [0.29, 0.717) is 12.2 Å². The predicted molar refractivity (Wildman–Crippen MR) is 68.7 cm³/mol. The molecule has 3 nitrogen and oxygen atoms in total. The molecular formula is C12H14BrFN2O. The minimum Gasteiger partial charge on any atom is -0.359 e. The van der Waals surface area contributed by atoms with E-state index in [1.165, 1.54) is 11.0 Å². The SMILES string of the molecule is CN(C)C(=O)CN1CCc2cc(Br)cc(F)c21. The van der Waals surface area contributed by atoms with Crippen LogP contribution in [0.15, 0.2) is 16.6 Å². The number of fused-ring (bicyclic) bond motifs is 1. The summed E-state index contributed by atoms with van der Waals surface area (Å²) in [6.45, 7) is 0.931. The van der Waals surface area contributed by atoms with E-state index in [-0.39, 0.29) is 18.3 Å². The summed E-state index contributed by atoms with van der Waals surface area (Å²) < 4.78 is 14.6. The van der Waals surface area contributed by atoms with E-state index in [1.807, 2.05) is 6.07 Å². The van der Waals surface area contributed by atoms with Crippen LogP contribution in [0, 0.1) is 5.82 Å². The van der Waals surface area contributed by atoms with Gasteiger partial charge in [-0.15, -0.1) is 0 Å². The molecule has 1 aromatic rings. The Kier molecular flexibility index (Phi) is 3.38. The van der Waals surface area contributed by atoms with Crippen molar-refractivity contribution >= 4 is 27.5 Å². The number of hydrogen-bond acceptors (Lipinski definition) is 2. The molecule has 5 heteroatoms. The first-order chi connectivity index (χ1) is 7.99. The molecule has 0 bridgehead atoms. The molecule has 1 aliphatic rings. The Morgan fingerprint density at radius 2 is 2.24 bits per heavy atom. The van der Waals surface area contributed by atoms with Crippen molar-refractivity contribution in [1.29, 1.82) is 0 Å². The largest absolute Gasteiger partial charge is 0.359 e. The number of likely N-dealkylation sites (N-methyl/N-ethyl adjacent to an activating group) is 1. The van der Waals surface area contributed by atoms with Crippen molar-refractivity contribution in [3.05, 3.63) is 28.0 Å². The molecule has 0 unspecified atom stereocenters. The Morgan fingerprint density at radius 1 is 1.53 bits per heavy atom. The van der Waals surface area contributed by atoms with Crippen LogP contribution in [0.2, 0.25) is 0 Å². The summed E-state index contributed by atoms with van der Waals surface area (Å²) in [4.78, 5) is 15.0. The minimum atomic E-state index is -0.265. The van der Waals surface area contributed by atoms with Gasteiger partial charge in [-0.1, -0.05) is 15.9 Å². The summed E-state index contributed by atoms with van der Waals surface area (Å²) in [5.41, 5.74) is 1.53. The Hall–Kier alpha value is -1.10. The maximum Gasteiger partial charge on any atom is 0.241 e. The summed E-state index contributed by atoms with van der Waals surface area (Å²) in [5.74, 6) is -0.279. The van der Waals surface area contributed by atoms with E-state index < -0.39 is 0 Å². The average molecular weight is 301 g/mol. The van der Waals surface area contributed by atoms with Gasteiger partial charge < -0.3 is 9.80 Å². The van der Waals surface area contributed by atoms with Crippen LogP contribution in [0.25, 0.3) is 0 Å². The highest BCUT2D eigenvalue weighted by Gasteiger charge is 2.25. The molecule has 0 radical (unpaired) electrons. The van der Waals surface area contributed by atoms with Crippen LogP contribution in [-0.4, -0.2) is 38.0 Å². The Labute approximate surface area is 108 Å². The number of benzene rings is 1. The van der Waals surface area contributed by atoms with Crippen molar-refractivity contribution in [2.24, 2.45) is 0 Å². The van der Waals surface area contributed by atoms with Crippen molar-refractivity contribution < 1.29 is 9.18 Å². The zero-order valence-electron chi connectivity index (χ0n) is 9.83. The number of rotatable bonds is 2. The summed E-state index contributed by atoms with van der Waals surface area (Å²) in [6, 6.07) is 3.36. The van der Waals surface area contributed by atoms with Gasteiger partial charge in [0.1, 0.15) is 5.82 Å². The van der Waals surface area contributed by atoms with Gasteiger partial charge >= 0.3 is 0 Å². The lowest BCUT2D eigenvalue weighted by molar-refractivity contribution is -0.127. The highest BCUT2D eigenvalue weighted by Crippen LogP contribution is 2.33.